The van der Waals surface area contributed by atoms with E-state index >= 15 is 0 Å². The zero-order valence-corrected chi connectivity index (χ0v) is 10.1. The molecule has 2 atom stereocenters. The number of rotatable bonds is 2. The molecule has 2 heterocycles. The van der Waals surface area contributed by atoms with Gasteiger partial charge in [0.05, 0.1) is 5.75 Å². The fraction of sp³-hybridized carbons (Fsp3) is 1.00. The zero-order valence-electron chi connectivity index (χ0n) is 9.28. The van der Waals surface area contributed by atoms with Gasteiger partial charge in [-0.3, -0.25) is 0 Å². The fourth-order valence-electron chi connectivity index (χ4n) is 2.53. The zero-order chi connectivity index (χ0) is 10.9. The number of hydrogen-bond donors (Lipinski definition) is 1. The van der Waals surface area contributed by atoms with Crippen LogP contribution in [0.15, 0.2) is 0 Å². The van der Waals surface area contributed by atoms with Crippen LogP contribution in [0.25, 0.3) is 0 Å². The van der Waals surface area contributed by atoms with E-state index in [1.807, 2.05) is 0 Å². The Bertz CT molecular complexity index is 315. The first-order valence-corrected chi connectivity index (χ1v) is 7.43. The van der Waals surface area contributed by atoms with Gasteiger partial charge in [-0.1, -0.05) is 6.42 Å². The van der Waals surface area contributed by atoms with Gasteiger partial charge in [-0.05, 0) is 26.2 Å². The monoisotopic (exact) mass is 232 g/mol. The lowest BCUT2D eigenvalue weighted by atomic mass is 10.00. The first-order chi connectivity index (χ1) is 7.08. The van der Waals surface area contributed by atoms with Gasteiger partial charge in [0.1, 0.15) is 0 Å². The largest absolute Gasteiger partial charge is 0.310 e. The molecule has 0 bridgehead atoms. The minimum atomic E-state index is -2.91. The minimum Gasteiger partial charge on any atom is -0.310 e. The summed E-state index contributed by atoms with van der Waals surface area (Å²) in [7, 11) is -2.91. The average Bonchev–Trinajstić information content (AvgIpc) is 2.46. The highest BCUT2D eigenvalue weighted by Gasteiger charge is 2.31. The summed E-state index contributed by atoms with van der Waals surface area (Å²) in [5.74, 6) is 0.343. The van der Waals surface area contributed by atoms with Crippen molar-refractivity contribution in [2.24, 2.45) is 0 Å². The van der Waals surface area contributed by atoms with Crippen molar-refractivity contribution in [1.82, 2.24) is 9.62 Å². The molecule has 0 aliphatic carbocycles. The van der Waals surface area contributed by atoms with Gasteiger partial charge in [-0.25, -0.2) is 12.7 Å². The van der Waals surface area contributed by atoms with Crippen LogP contribution in [-0.2, 0) is 10.0 Å². The van der Waals surface area contributed by atoms with E-state index < -0.39 is 10.0 Å². The molecule has 0 amide bonds. The van der Waals surface area contributed by atoms with Crippen LogP contribution in [0.5, 0.6) is 0 Å². The van der Waals surface area contributed by atoms with Gasteiger partial charge in [0.2, 0.25) is 10.0 Å². The number of nitrogens with zero attached hydrogens (tertiary/aromatic N) is 1. The van der Waals surface area contributed by atoms with Crippen LogP contribution in [0.2, 0.25) is 0 Å². The Hall–Kier alpha value is -0.130. The van der Waals surface area contributed by atoms with E-state index in [1.54, 1.807) is 4.31 Å². The molecule has 88 valence electrons. The Labute approximate surface area is 92.1 Å². The lowest BCUT2D eigenvalue weighted by molar-refractivity contribution is 0.286. The van der Waals surface area contributed by atoms with Crippen molar-refractivity contribution in [2.45, 2.75) is 44.7 Å². The maximum atomic E-state index is 11.6. The maximum absolute atomic E-state index is 11.6. The highest BCUT2D eigenvalue weighted by atomic mass is 32.2. The predicted molar refractivity (Wildman–Crippen MR) is 60.2 cm³/mol. The molecule has 2 fully saturated rings. The first-order valence-electron chi connectivity index (χ1n) is 5.82. The van der Waals surface area contributed by atoms with E-state index in [9.17, 15) is 8.42 Å². The van der Waals surface area contributed by atoms with Crippen molar-refractivity contribution in [3.05, 3.63) is 0 Å². The van der Waals surface area contributed by atoms with E-state index in [0.717, 1.165) is 19.4 Å². The van der Waals surface area contributed by atoms with Gasteiger partial charge in [0, 0.05) is 25.2 Å². The molecular formula is C10H20N2O2S. The summed E-state index contributed by atoms with van der Waals surface area (Å²) in [5, 5.41) is 3.47. The van der Waals surface area contributed by atoms with E-state index in [2.05, 4.69) is 12.2 Å². The number of hydrogen-bond acceptors (Lipinski definition) is 3. The molecule has 2 aliphatic rings. The standard InChI is InChI=1S/C10H20N2O2S/c1-9-4-2-5-10(11-9)8-12-6-3-7-15(12,13)14/h9-11H,2-8H2,1H3. The molecule has 4 nitrogen and oxygen atoms in total. The lowest BCUT2D eigenvalue weighted by Gasteiger charge is -2.31. The van der Waals surface area contributed by atoms with Gasteiger partial charge >= 0.3 is 0 Å². The molecule has 0 saturated carbocycles. The van der Waals surface area contributed by atoms with Gasteiger partial charge in [-0.15, -0.1) is 0 Å². The smallest absolute Gasteiger partial charge is 0.214 e. The Morgan fingerprint density at radius 1 is 1.33 bits per heavy atom. The third-order valence-electron chi connectivity index (χ3n) is 3.34. The van der Waals surface area contributed by atoms with E-state index in [-0.39, 0.29) is 0 Å². The third-order valence-corrected chi connectivity index (χ3v) is 5.26. The predicted octanol–water partition coefficient (Wildman–Crippen LogP) is 0.552. The van der Waals surface area contributed by atoms with Crippen LogP contribution < -0.4 is 5.32 Å². The van der Waals surface area contributed by atoms with Gasteiger partial charge in [-0.2, -0.15) is 0 Å². The highest BCUT2D eigenvalue weighted by molar-refractivity contribution is 7.89. The van der Waals surface area contributed by atoms with E-state index in [4.69, 9.17) is 0 Å². The molecule has 0 aromatic rings. The van der Waals surface area contributed by atoms with Crippen LogP contribution in [0.1, 0.15) is 32.6 Å². The van der Waals surface area contributed by atoms with Crippen LogP contribution in [0, 0.1) is 0 Å². The van der Waals surface area contributed by atoms with E-state index in [1.165, 1.54) is 12.8 Å². The number of piperidine rings is 1. The molecule has 2 aliphatic heterocycles. The topological polar surface area (TPSA) is 49.4 Å². The van der Waals surface area contributed by atoms with Gasteiger partial charge in [0.25, 0.3) is 0 Å². The molecule has 0 aromatic heterocycles. The molecular weight excluding hydrogens is 212 g/mol. The summed E-state index contributed by atoms with van der Waals surface area (Å²) >= 11 is 0. The molecule has 2 unspecified atom stereocenters. The molecule has 0 aromatic carbocycles. The minimum absolute atomic E-state index is 0.343. The summed E-state index contributed by atoms with van der Waals surface area (Å²) in [6.45, 7) is 3.56. The SMILES string of the molecule is CC1CCCC(CN2CCCS2(=O)=O)N1. The molecule has 0 spiro atoms. The Morgan fingerprint density at radius 2 is 2.13 bits per heavy atom. The fourth-order valence-corrected chi connectivity index (χ4v) is 4.09. The molecule has 0 radical (unpaired) electrons. The van der Waals surface area contributed by atoms with Gasteiger partial charge < -0.3 is 5.32 Å². The van der Waals surface area contributed by atoms with Gasteiger partial charge in [0.15, 0.2) is 0 Å². The maximum Gasteiger partial charge on any atom is 0.214 e. The molecule has 1 N–H and O–H groups in total. The second-order valence-electron chi connectivity index (χ2n) is 4.72. The van der Waals surface area contributed by atoms with Crippen molar-refractivity contribution >= 4 is 10.0 Å². The number of sulfonamides is 1. The van der Waals surface area contributed by atoms with Crippen LogP contribution >= 0.6 is 0 Å². The Morgan fingerprint density at radius 3 is 2.73 bits per heavy atom. The van der Waals surface area contributed by atoms with Crippen molar-refractivity contribution < 1.29 is 8.42 Å². The van der Waals surface area contributed by atoms with Crippen molar-refractivity contribution in [3.63, 3.8) is 0 Å². The van der Waals surface area contributed by atoms with Crippen LogP contribution in [-0.4, -0.2) is 43.6 Å². The van der Waals surface area contributed by atoms with Crippen molar-refractivity contribution in [1.29, 1.82) is 0 Å². The summed E-state index contributed by atoms with van der Waals surface area (Å²) in [4.78, 5) is 0. The molecule has 2 saturated heterocycles. The van der Waals surface area contributed by atoms with Crippen LogP contribution in [0.3, 0.4) is 0 Å². The summed E-state index contributed by atoms with van der Waals surface area (Å²) in [6.07, 6.45) is 4.33. The second kappa shape index (κ2) is 4.39. The van der Waals surface area contributed by atoms with E-state index in [0.29, 0.717) is 24.4 Å². The first kappa shape index (κ1) is 11.4. The Balaban J connectivity index is 1.91. The average molecular weight is 232 g/mol. The quantitative estimate of drug-likeness (QED) is 0.756. The third kappa shape index (κ3) is 2.71. The number of nitrogens with one attached hydrogen (secondary N) is 1. The van der Waals surface area contributed by atoms with Crippen molar-refractivity contribution in [3.8, 4) is 0 Å². The molecule has 2 rings (SSSR count). The Kier molecular flexibility index (Phi) is 3.33. The molecule has 5 heteroatoms. The lowest BCUT2D eigenvalue weighted by Crippen LogP contribution is -2.47. The van der Waals surface area contributed by atoms with Crippen molar-refractivity contribution in [2.75, 3.05) is 18.8 Å². The molecule has 15 heavy (non-hydrogen) atoms. The summed E-state index contributed by atoms with van der Waals surface area (Å²) in [6, 6.07) is 0.899. The summed E-state index contributed by atoms with van der Waals surface area (Å²) < 4.78 is 24.9. The normalized spacial score (nSPS) is 36.9. The highest BCUT2D eigenvalue weighted by Crippen LogP contribution is 2.18. The summed E-state index contributed by atoms with van der Waals surface area (Å²) in [5.41, 5.74) is 0. The van der Waals surface area contributed by atoms with Crippen LogP contribution in [0.4, 0.5) is 0 Å². The second-order valence-corrected chi connectivity index (χ2v) is 6.81.